The number of likely N-dealkylation sites (tertiary alicyclic amines) is 1. The molecule has 0 saturated carbocycles. The minimum absolute atomic E-state index is 0.0683. The maximum Gasteiger partial charge on any atom is 0.257 e. The quantitative estimate of drug-likeness (QED) is 0.845. The van der Waals surface area contributed by atoms with E-state index in [1.54, 1.807) is 12.3 Å². The summed E-state index contributed by atoms with van der Waals surface area (Å²) < 4.78 is 7.40. The monoisotopic (exact) mass is 273 g/mol. The highest BCUT2D eigenvalue weighted by molar-refractivity contribution is 5.95. The number of furan rings is 1. The van der Waals surface area contributed by atoms with Crippen molar-refractivity contribution in [3.63, 3.8) is 0 Å². The standard InChI is InChI=1S/C15H19N3O2/c1-11-14(5-9-20-11)15(19)17-7-3-4-13(10-17)18-8-6-16-12(18)2/h5-6,8-9,13H,3-4,7,10H2,1-2H3/t13-/m1/s1. The van der Waals surface area contributed by atoms with E-state index in [0.717, 1.165) is 31.8 Å². The summed E-state index contributed by atoms with van der Waals surface area (Å²) in [6.07, 6.45) is 7.49. The molecule has 106 valence electrons. The number of aryl methyl sites for hydroxylation is 2. The molecule has 0 N–H and O–H groups in total. The van der Waals surface area contributed by atoms with Gasteiger partial charge in [0, 0.05) is 25.5 Å². The average molecular weight is 273 g/mol. The first-order valence-corrected chi connectivity index (χ1v) is 6.99. The highest BCUT2D eigenvalue weighted by Crippen LogP contribution is 2.24. The van der Waals surface area contributed by atoms with Gasteiger partial charge in [0.15, 0.2) is 0 Å². The van der Waals surface area contributed by atoms with Gasteiger partial charge in [-0.1, -0.05) is 0 Å². The van der Waals surface area contributed by atoms with Crippen LogP contribution in [0.3, 0.4) is 0 Å². The Morgan fingerprint density at radius 3 is 2.95 bits per heavy atom. The molecule has 0 bridgehead atoms. The van der Waals surface area contributed by atoms with E-state index in [4.69, 9.17) is 4.42 Å². The SMILES string of the molecule is Cc1occc1C(=O)N1CCC[C@@H](n2ccnc2C)C1. The molecule has 2 aromatic rings. The highest BCUT2D eigenvalue weighted by atomic mass is 16.3. The molecule has 5 nitrogen and oxygen atoms in total. The number of nitrogens with zero attached hydrogens (tertiary/aromatic N) is 3. The van der Waals surface area contributed by atoms with Gasteiger partial charge in [-0.05, 0) is 32.8 Å². The Labute approximate surface area is 118 Å². The van der Waals surface area contributed by atoms with Crippen molar-refractivity contribution < 1.29 is 9.21 Å². The molecule has 0 spiro atoms. The molecule has 1 aliphatic heterocycles. The molecule has 1 atom stereocenters. The number of carbonyl (C=O) groups excluding carboxylic acids is 1. The second kappa shape index (κ2) is 5.15. The molecule has 0 unspecified atom stereocenters. The van der Waals surface area contributed by atoms with Crippen LogP contribution in [0.5, 0.6) is 0 Å². The topological polar surface area (TPSA) is 51.3 Å². The van der Waals surface area contributed by atoms with E-state index in [9.17, 15) is 4.79 Å². The van der Waals surface area contributed by atoms with Crippen LogP contribution in [0.15, 0.2) is 29.1 Å². The van der Waals surface area contributed by atoms with Gasteiger partial charge >= 0.3 is 0 Å². The zero-order valence-corrected chi connectivity index (χ0v) is 11.9. The molecular weight excluding hydrogens is 254 g/mol. The van der Waals surface area contributed by atoms with Crippen LogP contribution < -0.4 is 0 Å². The van der Waals surface area contributed by atoms with Gasteiger partial charge in [0.05, 0.1) is 17.9 Å². The van der Waals surface area contributed by atoms with Crippen molar-refractivity contribution in [3.8, 4) is 0 Å². The zero-order valence-electron chi connectivity index (χ0n) is 11.9. The third-order valence-electron chi connectivity index (χ3n) is 4.03. The third-order valence-corrected chi connectivity index (χ3v) is 4.03. The van der Waals surface area contributed by atoms with Gasteiger partial charge in [0.2, 0.25) is 0 Å². The summed E-state index contributed by atoms with van der Waals surface area (Å²) in [5.74, 6) is 1.76. The van der Waals surface area contributed by atoms with E-state index < -0.39 is 0 Å². The number of carbonyl (C=O) groups is 1. The van der Waals surface area contributed by atoms with Crippen molar-refractivity contribution in [1.29, 1.82) is 0 Å². The summed E-state index contributed by atoms with van der Waals surface area (Å²) >= 11 is 0. The largest absolute Gasteiger partial charge is 0.469 e. The summed E-state index contributed by atoms with van der Waals surface area (Å²) in [4.78, 5) is 18.7. The first-order valence-electron chi connectivity index (χ1n) is 6.99. The fourth-order valence-corrected chi connectivity index (χ4v) is 2.92. The minimum Gasteiger partial charge on any atom is -0.469 e. The van der Waals surface area contributed by atoms with Gasteiger partial charge in [-0.2, -0.15) is 0 Å². The molecular formula is C15H19N3O2. The second-order valence-corrected chi connectivity index (χ2v) is 5.32. The summed E-state index contributed by atoms with van der Waals surface area (Å²) in [5, 5.41) is 0. The molecule has 3 heterocycles. The van der Waals surface area contributed by atoms with Crippen molar-refractivity contribution in [3.05, 3.63) is 41.9 Å². The maximum absolute atomic E-state index is 12.5. The Balaban J connectivity index is 1.77. The van der Waals surface area contributed by atoms with E-state index >= 15 is 0 Å². The molecule has 20 heavy (non-hydrogen) atoms. The molecule has 5 heteroatoms. The highest BCUT2D eigenvalue weighted by Gasteiger charge is 2.27. The Morgan fingerprint density at radius 1 is 1.45 bits per heavy atom. The Bertz CT molecular complexity index is 614. The molecule has 1 fully saturated rings. The van der Waals surface area contributed by atoms with Gasteiger partial charge in [-0.15, -0.1) is 0 Å². The number of piperidine rings is 1. The van der Waals surface area contributed by atoms with Crippen LogP contribution in [0.4, 0.5) is 0 Å². The fourth-order valence-electron chi connectivity index (χ4n) is 2.92. The van der Waals surface area contributed by atoms with Crippen molar-refractivity contribution in [2.45, 2.75) is 32.7 Å². The van der Waals surface area contributed by atoms with E-state index in [-0.39, 0.29) is 5.91 Å². The Morgan fingerprint density at radius 2 is 2.30 bits per heavy atom. The molecule has 0 aromatic carbocycles. The normalized spacial score (nSPS) is 19.3. The smallest absolute Gasteiger partial charge is 0.257 e. The molecule has 0 radical (unpaired) electrons. The summed E-state index contributed by atoms with van der Waals surface area (Å²) in [7, 11) is 0. The van der Waals surface area contributed by atoms with Crippen LogP contribution in [-0.4, -0.2) is 33.4 Å². The van der Waals surface area contributed by atoms with Gasteiger partial charge in [-0.3, -0.25) is 4.79 Å². The van der Waals surface area contributed by atoms with Crippen LogP contribution >= 0.6 is 0 Å². The number of rotatable bonds is 2. The van der Waals surface area contributed by atoms with Crippen molar-refractivity contribution in [2.24, 2.45) is 0 Å². The number of hydrogen-bond donors (Lipinski definition) is 0. The van der Waals surface area contributed by atoms with Gasteiger partial charge < -0.3 is 13.9 Å². The first kappa shape index (κ1) is 13.0. The van der Waals surface area contributed by atoms with Crippen LogP contribution in [0, 0.1) is 13.8 Å². The zero-order chi connectivity index (χ0) is 14.1. The predicted molar refractivity (Wildman–Crippen MR) is 74.6 cm³/mol. The predicted octanol–water partition coefficient (Wildman–Crippen LogP) is 2.57. The summed E-state index contributed by atoms with van der Waals surface area (Å²) in [5.41, 5.74) is 0.674. The lowest BCUT2D eigenvalue weighted by Gasteiger charge is -2.33. The summed E-state index contributed by atoms with van der Waals surface area (Å²) in [6.45, 7) is 5.38. The van der Waals surface area contributed by atoms with Gasteiger partial charge in [0.1, 0.15) is 11.6 Å². The Kier molecular flexibility index (Phi) is 3.34. The van der Waals surface area contributed by atoms with E-state index in [0.29, 0.717) is 17.4 Å². The lowest BCUT2D eigenvalue weighted by molar-refractivity contribution is 0.0676. The van der Waals surface area contributed by atoms with Crippen molar-refractivity contribution in [1.82, 2.24) is 14.5 Å². The fraction of sp³-hybridized carbons (Fsp3) is 0.467. The van der Waals surface area contributed by atoms with Gasteiger partial charge in [-0.25, -0.2) is 4.98 Å². The molecule has 2 aromatic heterocycles. The lowest BCUT2D eigenvalue weighted by atomic mass is 10.0. The molecule has 0 aliphatic carbocycles. The molecule has 1 saturated heterocycles. The van der Waals surface area contributed by atoms with Crippen LogP contribution in [0.2, 0.25) is 0 Å². The second-order valence-electron chi connectivity index (χ2n) is 5.32. The van der Waals surface area contributed by atoms with Crippen LogP contribution in [-0.2, 0) is 0 Å². The number of aromatic nitrogens is 2. The van der Waals surface area contributed by atoms with Crippen molar-refractivity contribution >= 4 is 5.91 Å². The minimum atomic E-state index is 0.0683. The lowest BCUT2D eigenvalue weighted by Crippen LogP contribution is -2.40. The number of imidazole rings is 1. The maximum atomic E-state index is 12.5. The molecule has 1 amide bonds. The molecule has 3 rings (SSSR count). The van der Waals surface area contributed by atoms with Crippen LogP contribution in [0.1, 0.15) is 40.8 Å². The van der Waals surface area contributed by atoms with Gasteiger partial charge in [0.25, 0.3) is 5.91 Å². The molecule has 1 aliphatic rings. The average Bonchev–Trinajstić information content (AvgIpc) is 3.07. The van der Waals surface area contributed by atoms with E-state index in [1.807, 2.05) is 31.1 Å². The first-order chi connectivity index (χ1) is 9.66. The van der Waals surface area contributed by atoms with Crippen molar-refractivity contribution in [2.75, 3.05) is 13.1 Å². The number of amides is 1. The Hall–Kier alpha value is -2.04. The van der Waals surface area contributed by atoms with E-state index in [2.05, 4.69) is 9.55 Å². The number of hydrogen-bond acceptors (Lipinski definition) is 3. The van der Waals surface area contributed by atoms with E-state index in [1.165, 1.54) is 0 Å². The van der Waals surface area contributed by atoms with Crippen LogP contribution in [0.25, 0.3) is 0 Å². The third kappa shape index (κ3) is 2.24. The summed E-state index contributed by atoms with van der Waals surface area (Å²) in [6, 6.07) is 2.08.